The Morgan fingerprint density at radius 1 is 1.10 bits per heavy atom. The van der Waals surface area contributed by atoms with Crippen LogP contribution in [0.2, 0.25) is 0 Å². The molecule has 1 amide bonds. The Hall–Kier alpha value is -4.64. The van der Waals surface area contributed by atoms with Gasteiger partial charge in [0.15, 0.2) is 11.6 Å². The third-order valence-electron chi connectivity index (χ3n) is 6.77. The quantitative estimate of drug-likeness (QED) is 0.0962. The number of anilines is 1. The van der Waals surface area contributed by atoms with Gasteiger partial charge in [-0.2, -0.15) is 0 Å². The van der Waals surface area contributed by atoms with Crippen LogP contribution in [0.25, 0.3) is 22.0 Å². The van der Waals surface area contributed by atoms with E-state index in [4.69, 9.17) is 0 Å². The first-order chi connectivity index (χ1) is 20.4. The van der Waals surface area contributed by atoms with Gasteiger partial charge in [-0.1, -0.05) is 36.4 Å². The molecule has 42 heavy (non-hydrogen) atoms. The number of aromatic amines is 1. The maximum atomic E-state index is 14.4. The number of benzene rings is 3. The van der Waals surface area contributed by atoms with Gasteiger partial charge in [-0.15, -0.1) is 11.3 Å². The number of halogens is 2. The Bertz CT molecular complexity index is 1700. The molecule has 1 atom stereocenters. The summed E-state index contributed by atoms with van der Waals surface area (Å²) < 4.78 is 28.2. The van der Waals surface area contributed by atoms with Gasteiger partial charge in [0, 0.05) is 30.7 Å². The number of nitrogens with one attached hydrogen (secondary N) is 3. The van der Waals surface area contributed by atoms with Crippen molar-refractivity contribution in [3.8, 4) is 11.3 Å². The van der Waals surface area contributed by atoms with Crippen molar-refractivity contribution in [3.63, 3.8) is 0 Å². The molecular formula is C31H29F2N6O2S-. The highest BCUT2D eigenvalue weighted by atomic mass is 32.1. The number of fused-ring (bicyclic) bond motifs is 1. The monoisotopic (exact) mass is 587 g/mol. The standard InChI is InChI=1S/C31H30F2N6O2S/c1-2-35-23-13-12-22(32)28(33)27(23)31(41)36-14-6-5-9-24(39-30(40)26-17-34-18-42-26)29-37-16-25(38-29)21-11-10-19-7-3-4-8-20(19)15-21/h3-4,7-8,10-13,15-18,24,35H,2,5-6,9,14H2,1H3,(H,36,41)(H,37,38)(H,39,40)/p-1. The highest BCUT2D eigenvalue weighted by Gasteiger charge is 2.20. The van der Waals surface area contributed by atoms with Gasteiger partial charge in [-0.05, 0) is 55.2 Å². The summed E-state index contributed by atoms with van der Waals surface area (Å²) in [6, 6.07) is 16.0. The van der Waals surface area contributed by atoms with Crippen molar-refractivity contribution >= 4 is 39.6 Å². The molecule has 0 radical (unpaired) electrons. The number of aliphatic imine (C=N–C) groups is 1. The molecule has 5 aromatic rings. The van der Waals surface area contributed by atoms with Crippen LogP contribution in [0.1, 0.15) is 53.3 Å². The minimum absolute atomic E-state index is 0.231. The number of thiazole rings is 1. The van der Waals surface area contributed by atoms with Crippen molar-refractivity contribution in [1.29, 1.82) is 0 Å². The van der Waals surface area contributed by atoms with Crippen molar-refractivity contribution < 1.29 is 18.7 Å². The number of rotatable bonds is 12. The van der Waals surface area contributed by atoms with Crippen molar-refractivity contribution in [2.24, 2.45) is 4.99 Å². The fourth-order valence-corrected chi connectivity index (χ4v) is 5.17. The molecule has 0 saturated heterocycles. The summed E-state index contributed by atoms with van der Waals surface area (Å²) in [4.78, 5) is 29.4. The summed E-state index contributed by atoms with van der Waals surface area (Å²) in [7, 11) is 0. The summed E-state index contributed by atoms with van der Waals surface area (Å²) in [6.45, 7) is 2.48. The predicted molar refractivity (Wildman–Crippen MR) is 160 cm³/mol. The Morgan fingerprint density at radius 3 is 2.71 bits per heavy atom. The van der Waals surface area contributed by atoms with Gasteiger partial charge in [0.1, 0.15) is 17.4 Å². The molecule has 2 heterocycles. The Balaban J connectivity index is 1.27. The fraction of sp³-hybridized carbons (Fsp3) is 0.226. The zero-order valence-electron chi connectivity index (χ0n) is 22.9. The summed E-state index contributed by atoms with van der Waals surface area (Å²) in [5, 5.41) is 20.6. The minimum atomic E-state index is -1.19. The largest absolute Gasteiger partial charge is 0.858 e. The lowest BCUT2D eigenvalue weighted by Gasteiger charge is -2.16. The molecular weight excluding hydrogens is 558 g/mol. The highest BCUT2D eigenvalue weighted by Crippen LogP contribution is 2.28. The van der Waals surface area contributed by atoms with Gasteiger partial charge < -0.3 is 20.7 Å². The number of hydrogen-bond donors (Lipinski definition) is 3. The maximum absolute atomic E-state index is 14.4. The molecule has 216 valence electrons. The van der Waals surface area contributed by atoms with Crippen molar-refractivity contribution in [1.82, 2.24) is 20.3 Å². The molecule has 0 aliphatic rings. The average molecular weight is 588 g/mol. The zero-order valence-corrected chi connectivity index (χ0v) is 23.7. The Labute approximate surface area is 245 Å². The van der Waals surface area contributed by atoms with Crippen LogP contribution in [-0.2, 0) is 0 Å². The molecule has 0 fully saturated rings. The van der Waals surface area contributed by atoms with E-state index in [-0.39, 0.29) is 23.7 Å². The molecule has 5 rings (SSSR count). The molecule has 0 saturated carbocycles. The van der Waals surface area contributed by atoms with Crippen molar-refractivity contribution in [2.75, 3.05) is 18.4 Å². The van der Waals surface area contributed by atoms with E-state index in [0.29, 0.717) is 36.5 Å². The molecule has 0 aliphatic carbocycles. The number of hydrogen-bond acceptors (Lipinski definition) is 7. The lowest BCUT2D eigenvalue weighted by molar-refractivity contribution is -0.213. The van der Waals surface area contributed by atoms with Gasteiger partial charge in [0.25, 0.3) is 5.91 Å². The van der Waals surface area contributed by atoms with E-state index in [9.17, 15) is 18.7 Å². The number of nitrogens with zero attached hydrogens (tertiary/aromatic N) is 3. The summed E-state index contributed by atoms with van der Waals surface area (Å²) in [5.41, 5.74) is 3.23. The van der Waals surface area contributed by atoms with Crippen LogP contribution < -0.4 is 15.7 Å². The first-order valence-electron chi connectivity index (χ1n) is 13.6. The topological polar surface area (TPSA) is 118 Å². The van der Waals surface area contributed by atoms with Crippen LogP contribution in [0, 0.1) is 11.6 Å². The number of aromatic nitrogens is 3. The minimum Gasteiger partial charge on any atom is -0.858 e. The fourth-order valence-electron chi connectivity index (χ4n) is 4.66. The van der Waals surface area contributed by atoms with Crippen LogP contribution in [-0.4, -0.2) is 39.8 Å². The molecule has 0 spiro atoms. The lowest BCUT2D eigenvalue weighted by atomic mass is 10.1. The first kappa shape index (κ1) is 28.9. The second-order valence-electron chi connectivity index (χ2n) is 9.63. The average Bonchev–Trinajstić information content (AvgIpc) is 3.72. The number of unbranched alkanes of at least 4 members (excludes halogenated alkanes) is 1. The molecule has 0 aliphatic heterocycles. The van der Waals surface area contributed by atoms with Gasteiger partial charge in [-0.25, -0.2) is 13.8 Å². The van der Waals surface area contributed by atoms with E-state index >= 15 is 0 Å². The van der Waals surface area contributed by atoms with Crippen LogP contribution in [0.5, 0.6) is 0 Å². The van der Waals surface area contributed by atoms with Gasteiger partial charge in [0.2, 0.25) is 0 Å². The molecule has 3 N–H and O–H groups in total. The van der Waals surface area contributed by atoms with Gasteiger partial charge in [0.05, 0.1) is 28.0 Å². The van der Waals surface area contributed by atoms with E-state index in [2.05, 4.69) is 42.7 Å². The molecule has 8 nitrogen and oxygen atoms in total. The normalized spacial score (nSPS) is 12.4. The highest BCUT2D eigenvalue weighted by molar-refractivity contribution is 7.11. The smallest absolute Gasteiger partial charge is 0.256 e. The maximum Gasteiger partial charge on any atom is 0.256 e. The number of carbonyl (C=O) groups excluding carboxylic acids is 1. The molecule has 3 aromatic carbocycles. The third-order valence-corrected chi connectivity index (χ3v) is 7.53. The first-order valence-corrected chi connectivity index (χ1v) is 14.5. The number of amides is 1. The Kier molecular flexibility index (Phi) is 9.18. The van der Waals surface area contributed by atoms with E-state index in [1.54, 1.807) is 18.6 Å². The van der Waals surface area contributed by atoms with Crippen LogP contribution in [0.3, 0.4) is 0 Å². The molecule has 1 unspecified atom stereocenters. The summed E-state index contributed by atoms with van der Waals surface area (Å²) in [5.74, 6) is -2.80. The van der Waals surface area contributed by atoms with Crippen LogP contribution >= 0.6 is 11.3 Å². The number of carbonyl (C=O) groups is 1. The van der Waals surface area contributed by atoms with E-state index in [1.807, 2.05) is 30.3 Å². The van der Waals surface area contributed by atoms with Crippen molar-refractivity contribution in [3.05, 3.63) is 100 Å². The molecule has 11 heteroatoms. The second-order valence-corrected chi connectivity index (χ2v) is 10.5. The van der Waals surface area contributed by atoms with Crippen LogP contribution in [0.4, 0.5) is 14.5 Å². The van der Waals surface area contributed by atoms with E-state index < -0.39 is 23.6 Å². The van der Waals surface area contributed by atoms with Crippen molar-refractivity contribution in [2.45, 2.75) is 32.2 Å². The third kappa shape index (κ3) is 6.63. The predicted octanol–water partition coefficient (Wildman–Crippen LogP) is 5.84. The zero-order chi connectivity index (χ0) is 29.5. The molecule has 2 aromatic heterocycles. The SMILES string of the molecule is CCNc1ccc(F)c(F)c1C(=O)NCCCCC(N=C([O-])c1cncs1)c1ncc(-c2ccc3ccccc3c2)[nH]1. The van der Waals surface area contributed by atoms with E-state index in [1.165, 1.54) is 23.6 Å². The van der Waals surface area contributed by atoms with Crippen LogP contribution in [0.15, 0.2) is 77.5 Å². The van der Waals surface area contributed by atoms with Gasteiger partial charge >= 0.3 is 0 Å². The Morgan fingerprint density at radius 2 is 1.93 bits per heavy atom. The summed E-state index contributed by atoms with van der Waals surface area (Å²) >= 11 is 1.22. The summed E-state index contributed by atoms with van der Waals surface area (Å²) in [6.07, 6.45) is 4.80. The van der Waals surface area contributed by atoms with Gasteiger partial charge in [-0.3, -0.25) is 14.8 Å². The lowest BCUT2D eigenvalue weighted by Crippen LogP contribution is -2.27. The number of H-pyrrole nitrogens is 1. The molecule has 0 bridgehead atoms. The second kappa shape index (κ2) is 13.3. The number of imidazole rings is 1. The van der Waals surface area contributed by atoms with E-state index in [0.717, 1.165) is 28.1 Å².